The van der Waals surface area contributed by atoms with Crippen LogP contribution < -0.4 is 5.73 Å². The maximum absolute atomic E-state index is 5.81. The highest BCUT2D eigenvalue weighted by Crippen LogP contribution is 2.23. The number of hydrogen-bond acceptors (Lipinski definition) is 3. The predicted octanol–water partition coefficient (Wildman–Crippen LogP) is 2.60. The Morgan fingerprint density at radius 3 is 2.95 bits per heavy atom. The van der Waals surface area contributed by atoms with Crippen LogP contribution in [0.4, 0.5) is 0 Å². The second kappa shape index (κ2) is 6.16. The molecule has 2 aromatic heterocycles. The highest BCUT2D eigenvalue weighted by Gasteiger charge is 2.25. The lowest BCUT2D eigenvalue weighted by molar-refractivity contribution is 0.111. The van der Waals surface area contributed by atoms with E-state index in [1.807, 2.05) is 6.07 Å². The first-order valence-corrected chi connectivity index (χ1v) is 8.10. The summed E-state index contributed by atoms with van der Waals surface area (Å²) in [4.78, 5) is 7.43. The summed E-state index contributed by atoms with van der Waals surface area (Å²) in [5.41, 5.74) is 9.14. The van der Waals surface area contributed by atoms with Crippen molar-refractivity contribution in [2.24, 2.45) is 5.73 Å². The fourth-order valence-corrected chi connectivity index (χ4v) is 3.55. The monoisotopic (exact) mass is 286 g/mol. The summed E-state index contributed by atoms with van der Waals surface area (Å²) in [7, 11) is 0. The van der Waals surface area contributed by atoms with Crippen LogP contribution in [0.1, 0.15) is 44.5 Å². The molecule has 3 heterocycles. The van der Waals surface area contributed by atoms with E-state index in [4.69, 9.17) is 10.7 Å². The Morgan fingerprint density at radius 1 is 1.33 bits per heavy atom. The highest BCUT2D eigenvalue weighted by atomic mass is 15.2. The number of nitrogens with two attached hydrogens (primary N) is 1. The molecule has 3 rings (SSSR count). The van der Waals surface area contributed by atoms with Crippen molar-refractivity contribution in [3.63, 3.8) is 0 Å². The van der Waals surface area contributed by atoms with Gasteiger partial charge in [-0.1, -0.05) is 12.5 Å². The molecule has 1 aliphatic rings. The van der Waals surface area contributed by atoms with Crippen molar-refractivity contribution in [3.05, 3.63) is 35.8 Å². The molecule has 1 atom stereocenters. The van der Waals surface area contributed by atoms with Crippen molar-refractivity contribution in [2.75, 3.05) is 6.54 Å². The van der Waals surface area contributed by atoms with E-state index in [2.05, 4.69) is 41.5 Å². The minimum atomic E-state index is 0.550. The fourth-order valence-electron chi connectivity index (χ4n) is 3.55. The van der Waals surface area contributed by atoms with E-state index in [0.717, 1.165) is 17.8 Å². The minimum Gasteiger partial charge on any atom is -0.325 e. The number of nitrogens with zero attached hydrogens (tertiary/aromatic N) is 3. The van der Waals surface area contributed by atoms with E-state index in [0.29, 0.717) is 18.6 Å². The largest absolute Gasteiger partial charge is 0.325 e. The van der Waals surface area contributed by atoms with Gasteiger partial charge in [-0.2, -0.15) is 0 Å². The van der Waals surface area contributed by atoms with Gasteiger partial charge in [0.05, 0.1) is 5.69 Å². The number of rotatable bonds is 4. The lowest BCUT2D eigenvalue weighted by Crippen LogP contribution is -2.45. The van der Waals surface area contributed by atoms with Gasteiger partial charge in [0.1, 0.15) is 5.65 Å². The molecular formula is C17H26N4. The third-order valence-corrected chi connectivity index (χ3v) is 4.62. The van der Waals surface area contributed by atoms with Gasteiger partial charge in [0, 0.05) is 36.9 Å². The molecule has 2 N–H and O–H groups in total. The van der Waals surface area contributed by atoms with Gasteiger partial charge in [0.15, 0.2) is 0 Å². The third kappa shape index (κ3) is 2.97. The molecule has 21 heavy (non-hydrogen) atoms. The van der Waals surface area contributed by atoms with Crippen LogP contribution in [0.15, 0.2) is 24.4 Å². The normalized spacial score (nSPS) is 20.5. The average molecular weight is 286 g/mol. The summed E-state index contributed by atoms with van der Waals surface area (Å²) < 4.78 is 2.14. The molecule has 1 saturated heterocycles. The van der Waals surface area contributed by atoms with Gasteiger partial charge in [-0.05, 0) is 45.4 Å². The van der Waals surface area contributed by atoms with Crippen molar-refractivity contribution in [1.29, 1.82) is 0 Å². The lowest BCUT2D eigenvalue weighted by Gasteiger charge is -2.38. The topological polar surface area (TPSA) is 46.6 Å². The van der Waals surface area contributed by atoms with E-state index in [-0.39, 0.29) is 0 Å². The Kier molecular flexibility index (Phi) is 4.27. The average Bonchev–Trinajstić information content (AvgIpc) is 2.89. The highest BCUT2D eigenvalue weighted by molar-refractivity contribution is 5.42. The van der Waals surface area contributed by atoms with Crippen LogP contribution in [-0.2, 0) is 13.0 Å². The van der Waals surface area contributed by atoms with E-state index >= 15 is 0 Å². The zero-order valence-corrected chi connectivity index (χ0v) is 13.1. The van der Waals surface area contributed by atoms with Crippen molar-refractivity contribution in [2.45, 2.75) is 58.2 Å². The molecule has 4 nitrogen and oxygen atoms in total. The number of piperidine rings is 1. The predicted molar refractivity (Wildman–Crippen MR) is 86.3 cm³/mol. The van der Waals surface area contributed by atoms with Gasteiger partial charge >= 0.3 is 0 Å². The van der Waals surface area contributed by atoms with Gasteiger partial charge in [0.25, 0.3) is 0 Å². The Balaban J connectivity index is 1.83. The quantitative estimate of drug-likeness (QED) is 0.939. The second-order valence-corrected chi connectivity index (χ2v) is 6.37. The van der Waals surface area contributed by atoms with Crippen molar-refractivity contribution in [1.82, 2.24) is 14.3 Å². The number of imidazole rings is 1. The number of pyridine rings is 1. The molecular weight excluding hydrogens is 260 g/mol. The molecule has 4 heteroatoms. The maximum atomic E-state index is 5.81. The van der Waals surface area contributed by atoms with Crippen molar-refractivity contribution in [3.8, 4) is 0 Å². The van der Waals surface area contributed by atoms with Gasteiger partial charge in [0.2, 0.25) is 0 Å². The molecule has 0 aliphatic carbocycles. The molecule has 1 unspecified atom stereocenters. The molecule has 114 valence electrons. The fraction of sp³-hybridized carbons (Fsp3) is 0.588. The summed E-state index contributed by atoms with van der Waals surface area (Å²) >= 11 is 0. The van der Waals surface area contributed by atoms with Gasteiger partial charge in [-0.25, -0.2) is 4.98 Å². The zero-order chi connectivity index (χ0) is 14.8. The number of fused-ring (bicyclic) bond motifs is 1. The molecule has 1 fully saturated rings. The molecule has 2 aromatic rings. The second-order valence-electron chi connectivity index (χ2n) is 6.37. The molecule has 0 spiro atoms. The van der Waals surface area contributed by atoms with E-state index in [1.165, 1.54) is 31.5 Å². The van der Waals surface area contributed by atoms with Crippen LogP contribution in [0.3, 0.4) is 0 Å². The van der Waals surface area contributed by atoms with Crippen LogP contribution in [0, 0.1) is 0 Å². The molecule has 0 radical (unpaired) electrons. The standard InChI is InChI=1S/C17H26N4/c1-13(2)20-9-4-3-6-15(20)10-14-12-21-16(11-18)7-5-8-17(21)19-14/h5,7-8,12-13,15H,3-4,6,9-11,18H2,1-2H3. The summed E-state index contributed by atoms with van der Waals surface area (Å²) in [6.45, 7) is 6.38. The van der Waals surface area contributed by atoms with Crippen molar-refractivity contribution < 1.29 is 0 Å². The summed E-state index contributed by atoms with van der Waals surface area (Å²) in [6.07, 6.45) is 7.18. The first-order chi connectivity index (χ1) is 10.2. The van der Waals surface area contributed by atoms with Gasteiger partial charge < -0.3 is 10.1 Å². The Bertz CT molecular complexity index is 602. The summed E-state index contributed by atoms with van der Waals surface area (Å²) in [6, 6.07) is 7.41. The van der Waals surface area contributed by atoms with Crippen LogP contribution >= 0.6 is 0 Å². The maximum Gasteiger partial charge on any atom is 0.137 e. The van der Waals surface area contributed by atoms with Gasteiger partial charge in [-0.15, -0.1) is 0 Å². The number of hydrogen-bond donors (Lipinski definition) is 1. The lowest BCUT2D eigenvalue weighted by atomic mass is 9.97. The molecule has 1 aliphatic heterocycles. The third-order valence-electron chi connectivity index (χ3n) is 4.62. The van der Waals surface area contributed by atoms with Crippen LogP contribution in [-0.4, -0.2) is 32.9 Å². The van der Waals surface area contributed by atoms with Crippen LogP contribution in [0.2, 0.25) is 0 Å². The SMILES string of the molecule is CC(C)N1CCCCC1Cc1cn2c(CN)cccc2n1. The molecule has 0 aromatic carbocycles. The van der Waals surface area contributed by atoms with Crippen molar-refractivity contribution >= 4 is 5.65 Å². The summed E-state index contributed by atoms with van der Waals surface area (Å²) in [5.74, 6) is 0. The number of likely N-dealkylation sites (tertiary alicyclic amines) is 1. The smallest absolute Gasteiger partial charge is 0.137 e. The number of aromatic nitrogens is 2. The van der Waals surface area contributed by atoms with Crippen LogP contribution in [0.5, 0.6) is 0 Å². The molecule has 0 saturated carbocycles. The Labute approximate surface area is 127 Å². The minimum absolute atomic E-state index is 0.550. The molecule has 0 bridgehead atoms. The molecule has 0 amide bonds. The summed E-state index contributed by atoms with van der Waals surface area (Å²) in [5, 5.41) is 0. The van der Waals surface area contributed by atoms with Crippen LogP contribution in [0.25, 0.3) is 5.65 Å². The van der Waals surface area contributed by atoms with E-state index in [1.54, 1.807) is 0 Å². The Hall–Kier alpha value is -1.39. The zero-order valence-electron chi connectivity index (χ0n) is 13.1. The Morgan fingerprint density at radius 2 is 2.19 bits per heavy atom. The van der Waals surface area contributed by atoms with E-state index < -0.39 is 0 Å². The van der Waals surface area contributed by atoms with E-state index in [9.17, 15) is 0 Å². The first-order valence-electron chi connectivity index (χ1n) is 8.10. The van der Waals surface area contributed by atoms with Gasteiger partial charge in [-0.3, -0.25) is 4.90 Å². The first kappa shape index (κ1) is 14.5.